The number of nitrogens with zero attached hydrogens (tertiary/aromatic N) is 1. The Morgan fingerprint density at radius 3 is 2.61 bits per heavy atom. The van der Waals surface area contributed by atoms with Crippen LogP contribution in [0.4, 0.5) is 0 Å². The second-order valence-electron chi connectivity index (χ2n) is 6.25. The molecule has 2 rings (SSSR count). The number of aliphatic hydroxyl groups excluding tert-OH is 1. The van der Waals surface area contributed by atoms with Crippen molar-refractivity contribution < 1.29 is 5.11 Å². The number of nitrogens with one attached hydrogen (secondary N) is 1. The summed E-state index contributed by atoms with van der Waals surface area (Å²) in [6.45, 7) is 7.12. The molecule has 2 fully saturated rings. The predicted octanol–water partition coefficient (Wildman–Crippen LogP) is 1.86. The molecule has 0 radical (unpaired) electrons. The highest BCUT2D eigenvalue weighted by atomic mass is 16.3. The maximum Gasteiger partial charge on any atom is 0.0556 e. The summed E-state index contributed by atoms with van der Waals surface area (Å²) in [6.07, 6.45) is 8.37. The standard InChI is InChI=1S/C15H30N2O/c1-2-13-9-15(16-7-8-18)12-17(10-13)11-14-5-3-4-6-14/h13-16,18H,2-12H2,1H3. The molecule has 106 valence electrons. The first-order valence-corrected chi connectivity index (χ1v) is 7.88. The van der Waals surface area contributed by atoms with Gasteiger partial charge in [0, 0.05) is 32.2 Å². The number of piperidine rings is 1. The molecule has 0 aromatic carbocycles. The minimum Gasteiger partial charge on any atom is -0.395 e. The SMILES string of the molecule is CCC1CC(NCCO)CN(CC2CCCC2)C1. The average Bonchev–Trinajstić information content (AvgIpc) is 2.89. The third-order valence-electron chi connectivity index (χ3n) is 4.73. The Labute approximate surface area is 112 Å². The van der Waals surface area contributed by atoms with Crippen molar-refractivity contribution in [3.63, 3.8) is 0 Å². The van der Waals surface area contributed by atoms with E-state index in [0.29, 0.717) is 6.04 Å². The Balaban J connectivity index is 1.80. The second-order valence-corrected chi connectivity index (χ2v) is 6.25. The second kappa shape index (κ2) is 7.46. The Bertz CT molecular complexity index is 229. The maximum atomic E-state index is 8.94. The van der Waals surface area contributed by atoms with Crippen molar-refractivity contribution in [3.8, 4) is 0 Å². The fraction of sp³-hybridized carbons (Fsp3) is 1.00. The van der Waals surface area contributed by atoms with Gasteiger partial charge in [-0.05, 0) is 31.1 Å². The van der Waals surface area contributed by atoms with E-state index in [-0.39, 0.29) is 6.61 Å². The van der Waals surface area contributed by atoms with E-state index >= 15 is 0 Å². The van der Waals surface area contributed by atoms with E-state index in [1.165, 1.54) is 58.2 Å². The molecule has 1 saturated heterocycles. The lowest BCUT2D eigenvalue weighted by molar-refractivity contribution is 0.118. The van der Waals surface area contributed by atoms with Gasteiger partial charge in [0.25, 0.3) is 0 Å². The van der Waals surface area contributed by atoms with Gasteiger partial charge in [-0.1, -0.05) is 26.2 Å². The van der Waals surface area contributed by atoms with Gasteiger partial charge < -0.3 is 15.3 Å². The van der Waals surface area contributed by atoms with Gasteiger partial charge in [-0.25, -0.2) is 0 Å². The summed E-state index contributed by atoms with van der Waals surface area (Å²) >= 11 is 0. The van der Waals surface area contributed by atoms with Gasteiger partial charge in [-0.2, -0.15) is 0 Å². The summed E-state index contributed by atoms with van der Waals surface area (Å²) in [5.41, 5.74) is 0. The molecule has 18 heavy (non-hydrogen) atoms. The van der Waals surface area contributed by atoms with E-state index in [4.69, 9.17) is 5.11 Å². The zero-order valence-corrected chi connectivity index (χ0v) is 11.9. The van der Waals surface area contributed by atoms with Crippen LogP contribution in [0.3, 0.4) is 0 Å². The van der Waals surface area contributed by atoms with Crippen LogP contribution < -0.4 is 5.32 Å². The number of rotatable bonds is 6. The quantitative estimate of drug-likeness (QED) is 0.759. The zero-order chi connectivity index (χ0) is 12.8. The van der Waals surface area contributed by atoms with Crippen LogP contribution in [-0.2, 0) is 0 Å². The van der Waals surface area contributed by atoms with Gasteiger partial charge in [0.2, 0.25) is 0 Å². The smallest absolute Gasteiger partial charge is 0.0556 e. The summed E-state index contributed by atoms with van der Waals surface area (Å²) in [5.74, 6) is 1.80. The van der Waals surface area contributed by atoms with Crippen LogP contribution in [0.25, 0.3) is 0 Å². The predicted molar refractivity (Wildman–Crippen MR) is 75.7 cm³/mol. The van der Waals surface area contributed by atoms with Crippen LogP contribution in [0.5, 0.6) is 0 Å². The van der Waals surface area contributed by atoms with E-state index in [9.17, 15) is 0 Å². The van der Waals surface area contributed by atoms with Crippen LogP contribution in [-0.4, -0.2) is 48.8 Å². The largest absolute Gasteiger partial charge is 0.395 e. The van der Waals surface area contributed by atoms with Gasteiger partial charge in [0.15, 0.2) is 0 Å². The van der Waals surface area contributed by atoms with Crippen LogP contribution in [0.15, 0.2) is 0 Å². The van der Waals surface area contributed by atoms with Gasteiger partial charge in [0.1, 0.15) is 0 Å². The highest BCUT2D eigenvalue weighted by molar-refractivity contribution is 4.84. The average molecular weight is 254 g/mol. The van der Waals surface area contributed by atoms with E-state index in [0.717, 1.165) is 18.4 Å². The van der Waals surface area contributed by atoms with Gasteiger partial charge in [-0.3, -0.25) is 0 Å². The molecule has 1 heterocycles. The highest BCUT2D eigenvalue weighted by Gasteiger charge is 2.28. The normalized spacial score (nSPS) is 31.0. The molecule has 0 spiro atoms. The van der Waals surface area contributed by atoms with Crippen molar-refractivity contribution >= 4 is 0 Å². The molecular weight excluding hydrogens is 224 g/mol. The third kappa shape index (κ3) is 4.22. The maximum absolute atomic E-state index is 8.94. The minimum atomic E-state index is 0.260. The number of hydrogen-bond acceptors (Lipinski definition) is 3. The van der Waals surface area contributed by atoms with Crippen molar-refractivity contribution in [2.24, 2.45) is 11.8 Å². The molecule has 0 amide bonds. The Kier molecular flexibility index (Phi) is 5.93. The molecule has 2 atom stereocenters. The van der Waals surface area contributed by atoms with Gasteiger partial charge in [0.05, 0.1) is 6.61 Å². The third-order valence-corrected chi connectivity index (χ3v) is 4.73. The molecule has 2 N–H and O–H groups in total. The topological polar surface area (TPSA) is 35.5 Å². The van der Waals surface area contributed by atoms with E-state index in [1.54, 1.807) is 0 Å². The first-order chi connectivity index (χ1) is 8.81. The van der Waals surface area contributed by atoms with Gasteiger partial charge >= 0.3 is 0 Å². The molecule has 1 aliphatic carbocycles. The summed E-state index contributed by atoms with van der Waals surface area (Å²) in [6, 6.07) is 0.595. The first-order valence-electron chi connectivity index (χ1n) is 7.88. The lowest BCUT2D eigenvalue weighted by atomic mass is 9.91. The molecule has 0 aromatic rings. The number of hydrogen-bond donors (Lipinski definition) is 2. The van der Waals surface area contributed by atoms with Crippen molar-refractivity contribution in [3.05, 3.63) is 0 Å². The zero-order valence-electron chi connectivity index (χ0n) is 11.9. The number of likely N-dealkylation sites (tertiary alicyclic amines) is 1. The van der Waals surface area contributed by atoms with Crippen molar-refractivity contribution in [2.45, 2.75) is 51.5 Å². The Morgan fingerprint density at radius 1 is 1.17 bits per heavy atom. The summed E-state index contributed by atoms with van der Waals surface area (Å²) in [5, 5.41) is 12.4. The van der Waals surface area contributed by atoms with Crippen LogP contribution in [0, 0.1) is 11.8 Å². The van der Waals surface area contributed by atoms with Crippen LogP contribution in [0.2, 0.25) is 0 Å². The van der Waals surface area contributed by atoms with Crippen LogP contribution in [0.1, 0.15) is 45.4 Å². The first kappa shape index (κ1) is 14.3. The lowest BCUT2D eigenvalue weighted by Crippen LogP contribution is -2.50. The van der Waals surface area contributed by atoms with Crippen molar-refractivity contribution in [1.29, 1.82) is 0 Å². The molecule has 1 aliphatic heterocycles. The van der Waals surface area contributed by atoms with Crippen LogP contribution >= 0.6 is 0 Å². The fourth-order valence-electron chi connectivity index (χ4n) is 3.72. The number of aliphatic hydroxyl groups is 1. The fourth-order valence-corrected chi connectivity index (χ4v) is 3.72. The molecule has 3 heteroatoms. The lowest BCUT2D eigenvalue weighted by Gasteiger charge is -2.39. The van der Waals surface area contributed by atoms with Gasteiger partial charge in [-0.15, -0.1) is 0 Å². The minimum absolute atomic E-state index is 0.260. The summed E-state index contributed by atoms with van der Waals surface area (Å²) in [4.78, 5) is 2.68. The molecule has 2 aliphatic rings. The van der Waals surface area contributed by atoms with Crippen molar-refractivity contribution in [1.82, 2.24) is 10.2 Å². The van der Waals surface area contributed by atoms with E-state index in [1.807, 2.05) is 0 Å². The molecule has 3 nitrogen and oxygen atoms in total. The summed E-state index contributed by atoms with van der Waals surface area (Å²) in [7, 11) is 0. The van der Waals surface area contributed by atoms with E-state index in [2.05, 4.69) is 17.1 Å². The molecule has 0 bridgehead atoms. The van der Waals surface area contributed by atoms with Crippen molar-refractivity contribution in [2.75, 3.05) is 32.8 Å². The molecule has 0 aromatic heterocycles. The highest BCUT2D eigenvalue weighted by Crippen LogP contribution is 2.28. The summed E-state index contributed by atoms with van der Waals surface area (Å²) < 4.78 is 0. The molecular formula is C15H30N2O. The Morgan fingerprint density at radius 2 is 1.94 bits per heavy atom. The molecule has 2 unspecified atom stereocenters. The Hall–Kier alpha value is -0.120. The van der Waals surface area contributed by atoms with E-state index < -0.39 is 0 Å². The molecule has 1 saturated carbocycles. The monoisotopic (exact) mass is 254 g/mol.